The maximum atomic E-state index is 12.8. The van der Waals surface area contributed by atoms with E-state index in [0.717, 1.165) is 24.9 Å². The normalized spacial score (nSPS) is 16.7. The van der Waals surface area contributed by atoms with Crippen molar-refractivity contribution in [3.05, 3.63) is 53.6 Å². The molecule has 0 radical (unpaired) electrons. The Balaban J connectivity index is 1.75. The van der Waals surface area contributed by atoms with E-state index in [4.69, 9.17) is 10.5 Å². The van der Waals surface area contributed by atoms with E-state index in [2.05, 4.69) is 15.0 Å². The highest BCUT2D eigenvalue weighted by Crippen LogP contribution is 2.30. The van der Waals surface area contributed by atoms with Crippen LogP contribution in [0.4, 0.5) is 14.5 Å². The van der Waals surface area contributed by atoms with Crippen LogP contribution in [0.1, 0.15) is 28.8 Å². The van der Waals surface area contributed by atoms with Crippen LogP contribution in [0, 0.1) is 5.92 Å². The van der Waals surface area contributed by atoms with Crippen molar-refractivity contribution in [1.29, 1.82) is 0 Å². The highest BCUT2D eigenvalue weighted by atomic mass is 19.3. The predicted molar refractivity (Wildman–Crippen MR) is 111 cm³/mol. The Labute approximate surface area is 179 Å². The zero-order valence-corrected chi connectivity index (χ0v) is 17.1. The first-order valence-corrected chi connectivity index (χ1v) is 9.91. The third kappa shape index (κ3) is 5.91. The van der Waals surface area contributed by atoms with E-state index in [1.54, 1.807) is 12.1 Å². The lowest BCUT2D eigenvalue weighted by molar-refractivity contribution is -0.123. The minimum atomic E-state index is -3.04. The van der Waals surface area contributed by atoms with E-state index < -0.39 is 12.5 Å². The molecule has 0 bridgehead atoms. The van der Waals surface area contributed by atoms with Crippen LogP contribution in [0.2, 0.25) is 0 Å². The number of carbonyl (C=O) groups excluding carboxylic acids is 2. The SMILES string of the molecule is COc1ccc(C(=O)Nc2ccccc2CN2CCCC(C(N)=O)C2)cc1OC(F)F. The standard InChI is InChI=1S/C22H25F2N3O4/c1-30-18-9-8-14(11-19(18)31-22(23)24)21(29)26-17-7-3-2-5-15(17)12-27-10-4-6-16(13-27)20(25)28/h2-3,5,7-9,11,16,22H,4,6,10,12-13H2,1H3,(H2,25,28)(H,26,29). The number of nitrogens with one attached hydrogen (secondary N) is 1. The average molecular weight is 433 g/mol. The molecule has 1 heterocycles. The molecular weight excluding hydrogens is 408 g/mol. The number of halogens is 2. The molecule has 3 rings (SSSR count). The van der Waals surface area contributed by atoms with Gasteiger partial charge in [0.2, 0.25) is 5.91 Å². The molecule has 2 aromatic carbocycles. The van der Waals surface area contributed by atoms with Gasteiger partial charge in [0.15, 0.2) is 11.5 Å². The van der Waals surface area contributed by atoms with Crippen molar-refractivity contribution in [2.45, 2.75) is 26.0 Å². The molecule has 0 saturated carbocycles. The third-order valence-electron chi connectivity index (χ3n) is 5.21. The van der Waals surface area contributed by atoms with Gasteiger partial charge in [-0.05, 0) is 49.2 Å². The first-order valence-electron chi connectivity index (χ1n) is 9.91. The molecule has 1 fully saturated rings. The van der Waals surface area contributed by atoms with Crippen LogP contribution in [0.15, 0.2) is 42.5 Å². The van der Waals surface area contributed by atoms with Crippen LogP contribution in [0.25, 0.3) is 0 Å². The maximum Gasteiger partial charge on any atom is 0.387 e. The molecule has 1 atom stereocenters. The fourth-order valence-corrected chi connectivity index (χ4v) is 3.65. The van der Waals surface area contributed by atoms with Gasteiger partial charge >= 0.3 is 6.61 Å². The van der Waals surface area contributed by atoms with Crippen molar-refractivity contribution >= 4 is 17.5 Å². The highest BCUT2D eigenvalue weighted by Gasteiger charge is 2.24. The van der Waals surface area contributed by atoms with E-state index in [-0.39, 0.29) is 28.9 Å². The first-order chi connectivity index (χ1) is 14.9. The molecule has 1 aliphatic heterocycles. The summed E-state index contributed by atoms with van der Waals surface area (Å²) < 4.78 is 34.8. The third-order valence-corrected chi connectivity index (χ3v) is 5.21. The number of ether oxygens (including phenoxy) is 2. The minimum Gasteiger partial charge on any atom is -0.493 e. The molecule has 0 aromatic heterocycles. The number of rotatable bonds is 8. The van der Waals surface area contributed by atoms with Crippen LogP contribution in [-0.4, -0.2) is 43.5 Å². The maximum absolute atomic E-state index is 12.8. The molecule has 9 heteroatoms. The van der Waals surface area contributed by atoms with Gasteiger partial charge in [-0.2, -0.15) is 8.78 Å². The fraction of sp³-hybridized carbons (Fsp3) is 0.364. The number of primary amides is 1. The fourth-order valence-electron chi connectivity index (χ4n) is 3.65. The van der Waals surface area contributed by atoms with Crippen LogP contribution in [0.3, 0.4) is 0 Å². The molecule has 1 unspecified atom stereocenters. The Bertz CT molecular complexity index is 939. The van der Waals surface area contributed by atoms with Crippen molar-refractivity contribution in [3.63, 3.8) is 0 Å². The lowest BCUT2D eigenvalue weighted by Gasteiger charge is -2.31. The summed E-state index contributed by atoms with van der Waals surface area (Å²) in [6.07, 6.45) is 1.66. The number of alkyl halides is 2. The van der Waals surface area contributed by atoms with Gasteiger partial charge in [0.25, 0.3) is 5.91 Å². The molecule has 0 aliphatic carbocycles. The smallest absolute Gasteiger partial charge is 0.387 e. The van der Waals surface area contributed by atoms with Crippen molar-refractivity contribution < 1.29 is 27.8 Å². The van der Waals surface area contributed by atoms with Crippen LogP contribution >= 0.6 is 0 Å². The molecule has 2 amide bonds. The van der Waals surface area contributed by atoms with E-state index in [9.17, 15) is 18.4 Å². The molecule has 1 saturated heterocycles. The summed E-state index contributed by atoms with van der Waals surface area (Å²) in [4.78, 5) is 26.4. The number of likely N-dealkylation sites (tertiary alicyclic amines) is 1. The van der Waals surface area contributed by atoms with Crippen LogP contribution < -0.4 is 20.5 Å². The molecule has 1 aliphatic rings. The van der Waals surface area contributed by atoms with Gasteiger partial charge in [0.05, 0.1) is 13.0 Å². The first kappa shape index (κ1) is 22.5. The summed E-state index contributed by atoms with van der Waals surface area (Å²) in [6, 6.07) is 11.4. The van der Waals surface area contributed by atoms with Gasteiger partial charge in [0, 0.05) is 24.3 Å². The van der Waals surface area contributed by atoms with Crippen molar-refractivity contribution in [2.75, 3.05) is 25.5 Å². The molecule has 0 spiro atoms. The summed E-state index contributed by atoms with van der Waals surface area (Å²) in [5, 5.41) is 2.83. The Morgan fingerprint density at radius 1 is 1.23 bits per heavy atom. The topological polar surface area (TPSA) is 93.9 Å². The number of carbonyl (C=O) groups is 2. The second kappa shape index (κ2) is 10.2. The average Bonchev–Trinajstić information content (AvgIpc) is 2.75. The van der Waals surface area contributed by atoms with Gasteiger partial charge in [-0.15, -0.1) is 0 Å². The quantitative estimate of drug-likeness (QED) is 0.667. The second-order valence-corrected chi connectivity index (χ2v) is 7.33. The number of nitrogens with zero attached hydrogens (tertiary/aromatic N) is 1. The summed E-state index contributed by atoms with van der Waals surface area (Å²) in [6.45, 7) is -1.09. The lowest BCUT2D eigenvalue weighted by Crippen LogP contribution is -2.40. The van der Waals surface area contributed by atoms with Crippen molar-refractivity contribution in [1.82, 2.24) is 4.90 Å². The number of nitrogens with two attached hydrogens (primary N) is 1. The van der Waals surface area contributed by atoms with E-state index in [1.807, 2.05) is 12.1 Å². The zero-order chi connectivity index (χ0) is 22.4. The number of para-hydroxylation sites is 1. The molecule has 7 nitrogen and oxygen atoms in total. The molecule has 31 heavy (non-hydrogen) atoms. The van der Waals surface area contributed by atoms with Gasteiger partial charge < -0.3 is 20.5 Å². The monoisotopic (exact) mass is 433 g/mol. The molecule has 2 aromatic rings. The number of anilines is 1. The summed E-state index contributed by atoms with van der Waals surface area (Å²) in [5.74, 6) is -1.06. The summed E-state index contributed by atoms with van der Waals surface area (Å²) >= 11 is 0. The van der Waals surface area contributed by atoms with Gasteiger partial charge in [0.1, 0.15) is 0 Å². The Kier molecular flexibility index (Phi) is 7.41. The van der Waals surface area contributed by atoms with Crippen molar-refractivity contribution in [2.24, 2.45) is 11.7 Å². The number of hydrogen-bond acceptors (Lipinski definition) is 5. The van der Waals surface area contributed by atoms with Crippen molar-refractivity contribution in [3.8, 4) is 11.5 Å². The number of hydrogen-bond donors (Lipinski definition) is 2. The molecule has 3 N–H and O–H groups in total. The highest BCUT2D eigenvalue weighted by molar-refractivity contribution is 6.05. The number of methoxy groups -OCH3 is 1. The van der Waals surface area contributed by atoms with Gasteiger partial charge in [-0.1, -0.05) is 18.2 Å². The van der Waals surface area contributed by atoms with E-state index in [1.165, 1.54) is 25.3 Å². The Morgan fingerprint density at radius 2 is 2.00 bits per heavy atom. The number of benzene rings is 2. The summed E-state index contributed by atoms with van der Waals surface area (Å²) in [7, 11) is 1.33. The number of amides is 2. The predicted octanol–water partition coefficient (Wildman–Crippen LogP) is 3.25. The van der Waals surface area contributed by atoms with E-state index in [0.29, 0.717) is 18.8 Å². The lowest BCUT2D eigenvalue weighted by atomic mass is 9.97. The van der Waals surface area contributed by atoms with E-state index >= 15 is 0 Å². The Hall–Kier alpha value is -3.20. The zero-order valence-electron chi connectivity index (χ0n) is 17.1. The summed E-state index contributed by atoms with van der Waals surface area (Å²) in [5.41, 5.74) is 7.08. The van der Waals surface area contributed by atoms with Crippen LogP contribution in [0.5, 0.6) is 11.5 Å². The molecule has 166 valence electrons. The second-order valence-electron chi connectivity index (χ2n) is 7.33. The minimum absolute atomic E-state index is 0.103. The number of piperidine rings is 1. The largest absolute Gasteiger partial charge is 0.493 e. The van der Waals surface area contributed by atoms with Gasteiger partial charge in [-0.25, -0.2) is 0 Å². The van der Waals surface area contributed by atoms with Gasteiger partial charge in [-0.3, -0.25) is 14.5 Å². The molecular formula is C22H25F2N3O4. The Morgan fingerprint density at radius 3 is 2.71 bits per heavy atom. The van der Waals surface area contributed by atoms with Crippen LogP contribution in [-0.2, 0) is 11.3 Å².